The molecule has 0 aromatic heterocycles. The number of aliphatic hydroxyl groups excluding tert-OH is 1. The number of para-hydroxylation sites is 1. The number of hydrogen-bond acceptors (Lipinski definition) is 4. The van der Waals surface area contributed by atoms with Crippen molar-refractivity contribution in [2.45, 2.75) is 38.4 Å². The van der Waals surface area contributed by atoms with Crippen molar-refractivity contribution in [2.24, 2.45) is 0 Å². The molecule has 1 aliphatic rings. The molecule has 1 unspecified atom stereocenters. The summed E-state index contributed by atoms with van der Waals surface area (Å²) in [6, 6.07) is 12.9. The molecule has 2 N–H and O–H groups in total. The van der Waals surface area contributed by atoms with Gasteiger partial charge < -0.3 is 20.1 Å². The van der Waals surface area contributed by atoms with Crippen LogP contribution in [0.25, 0.3) is 0 Å². The van der Waals surface area contributed by atoms with E-state index in [9.17, 15) is 9.90 Å². The van der Waals surface area contributed by atoms with Crippen molar-refractivity contribution in [3.63, 3.8) is 0 Å². The van der Waals surface area contributed by atoms with Gasteiger partial charge in [0.25, 0.3) is 0 Å². The first kappa shape index (κ1) is 21.9. The number of rotatable bonds is 7. The molecule has 156 valence electrons. The summed E-state index contributed by atoms with van der Waals surface area (Å²) in [5.74, 6) is 0.614. The van der Waals surface area contributed by atoms with E-state index in [2.05, 4.69) is 10.2 Å². The largest absolute Gasteiger partial charge is 0.490 e. The van der Waals surface area contributed by atoms with Crippen LogP contribution in [-0.2, 0) is 11.2 Å². The van der Waals surface area contributed by atoms with Crippen molar-refractivity contribution in [1.82, 2.24) is 4.90 Å². The molecule has 0 radical (unpaired) electrons. The van der Waals surface area contributed by atoms with Gasteiger partial charge >= 0.3 is 0 Å². The molecule has 1 aliphatic heterocycles. The molecule has 29 heavy (non-hydrogen) atoms. The summed E-state index contributed by atoms with van der Waals surface area (Å²) in [5, 5.41) is 14.4. The first-order valence-corrected chi connectivity index (χ1v) is 10.5. The molecule has 0 bridgehead atoms. The molecule has 0 spiro atoms. The number of likely N-dealkylation sites (tertiary alicyclic amines) is 1. The van der Waals surface area contributed by atoms with E-state index in [4.69, 9.17) is 27.9 Å². The number of nitrogens with one attached hydrogen (secondary N) is 1. The van der Waals surface area contributed by atoms with E-state index >= 15 is 0 Å². The molecule has 3 rings (SSSR count). The normalized spacial score (nSPS) is 16.4. The predicted octanol–water partition coefficient (Wildman–Crippen LogP) is 4.40. The summed E-state index contributed by atoms with van der Waals surface area (Å²) >= 11 is 12.0. The highest BCUT2D eigenvalue weighted by molar-refractivity contribution is 6.42. The first-order chi connectivity index (χ1) is 13.9. The molecule has 1 heterocycles. The molecule has 0 saturated carbocycles. The number of ether oxygens (including phenoxy) is 1. The van der Waals surface area contributed by atoms with Crippen LogP contribution in [0.2, 0.25) is 10.0 Å². The molecular formula is C22H26Cl2N2O3. The van der Waals surface area contributed by atoms with Crippen LogP contribution in [0.1, 0.15) is 25.3 Å². The molecule has 5 nitrogen and oxygen atoms in total. The lowest BCUT2D eigenvalue weighted by Gasteiger charge is -2.33. The topological polar surface area (TPSA) is 61.8 Å². The summed E-state index contributed by atoms with van der Waals surface area (Å²) < 4.78 is 6.02. The van der Waals surface area contributed by atoms with Gasteiger partial charge in [-0.3, -0.25) is 4.79 Å². The number of β-amino-alcohol motifs (C(OH)–C–C–N with tert-alkyl or cyclic N) is 1. The van der Waals surface area contributed by atoms with E-state index in [1.165, 1.54) is 6.92 Å². The van der Waals surface area contributed by atoms with Crippen LogP contribution < -0.4 is 10.1 Å². The number of aliphatic hydroxyl groups is 1. The van der Waals surface area contributed by atoms with E-state index in [-0.39, 0.29) is 12.0 Å². The zero-order valence-electron chi connectivity index (χ0n) is 16.4. The Balaban J connectivity index is 1.47. The Labute approximate surface area is 181 Å². The number of carbonyl (C=O) groups is 1. The maximum absolute atomic E-state index is 11.4. The van der Waals surface area contributed by atoms with Crippen molar-refractivity contribution >= 4 is 34.8 Å². The highest BCUT2D eigenvalue weighted by Crippen LogP contribution is 2.28. The van der Waals surface area contributed by atoms with Crippen LogP contribution in [0.5, 0.6) is 5.75 Å². The highest BCUT2D eigenvalue weighted by atomic mass is 35.5. The fourth-order valence-corrected chi connectivity index (χ4v) is 3.87. The predicted molar refractivity (Wildman–Crippen MR) is 117 cm³/mol. The molecule has 1 atom stereocenters. The number of halogens is 2. The highest BCUT2D eigenvalue weighted by Gasteiger charge is 2.23. The number of hydrogen-bond donors (Lipinski definition) is 2. The third-order valence-corrected chi connectivity index (χ3v) is 5.72. The molecule has 1 saturated heterocycles. The van der Waals surface area contributed by atoms with E-state index in [1.807, 2.05) is 30.3 Å². The van der Waals surface area contributed by atoms with Crippen LogP contribution in [0.4, 0.5) is 5.69 Å². The van der Waals surface area contributed by atoms with Gasteiger partial charge in [-0.1, -0.05) is 41.4 Å². The van der Waals surface area contributed by atoms with Crippen molar-refractivity contribution in [3.8, 4) is 5.75 Å². The monoisotopic (exact) mass is 436 g/mol. The minimum Gasteiger partial charge on any atom is -0.490 e. The van der Waals surface area contributed by atoms with Gasteiger partial charge in [0.05, 0.1) is 16.1 Å². The van der Waals surface area contributed by atoms with Gasteiger partial charge in [-0.05, 0) is 36.6 Å². The zero-order chi connectivity index (χ0) is 20.8. The quantitative estimate of drug-likeness (QED) is 0.674. The maximum atomic E-state index is 11.4. The van der Waals surface area contributed by atoms with Gasteiger partial charge in [0, 0.05) is 44.7 Å². The fraction of sp³-hybridized carbons (Fsp3) is 0.409. The van der Waals surface area contributed by atoms with Crippen molar-refractivity contribution in [1.29, 1.82) is 0 Å². The van der Waals surface area contributed by atoms with Gasteiger partial charge in [-0.15, -0.1) is 0 Å². The Morgan fingerprint density at radius 3 is 2.62 bits per heavy atom. The number of piperidine rings is 1. The number of anilines is 1. The Kier molecular flexibility index (Phi) is 7.78. The van der Waals surface area contributed by atoms with Crippen molar-refractivity contribution < 1.29 is 14.6 Å². The van der Waals surface area contributed by atoms with Crippen LogP contribution in [0, 0.1) is 0 Å². The van der Waals surface area contributed by atoms with Gasteiger partial charge in [-0.2, -0.15) is 0 Å². The minimum absolute atomic E-state index is 0.115. The van der Waals surface area contributed by atoms with E-state index in [1.54, 1.807) is 12.1 Å². The van der Waals surface area contributed by atoms with Gasteiger partial charge in [0.1, 0.15) is 11.9 Å². The maximum Gasteiger partial charge on any atom is 0.221 e. The minimum atomic E-state index is -0.502. The third-order valence-electron chi connectivity index (χ3n) is 4.98. The molecule has 1 amide bonds. The zero-order valence-corrected chi connectivity index (χ0v) is 17.9. The Hall–Kier alpha value is -1.79. The van der Waals surface area contributed by atoms with Gasteiger partial charge in [0.15, 0.2) is 0 Å². The average Bonchev–Trinajstić information content (AvgIpc) is 2.67. The molecule has 2 aromatic rings. The summed E-state index contributed by atoms with van der Waals surface area (Å²) in [6.07, 6.45) is 1.89. The Morgan fingerprint density at radius 2 is 1.93 bits per heavy atom. The van der Waals surface area contributed by atoms with Crippen molar-refractivity contribution in [2.75, 3.05) is 25.0 Å². The fourth-order valence-electron chi connectivity index (χ4n) is 3.58. The van der Waals surface area contributed by atoms with Crippen molar-refractivity contribution in [3.05, 3.63) is 58.1 Å². The molecule has 7 heteroatoms. The lowest BCUT2D eigenvalue weighted by atomic mass is 10.0. The lowest BCUT2D eigenvalue weighted by molar-refractivity contribution is -0.114. The second-order valence-corrected chi connectivity index (χ2v) is 8.20. The number of amides is 1. The van der Waals surface area contributed by atoms with Crippen LogP contribution in [-0.4, -0.2) is 47.8 Å². The Morgan fingerprint density at radius 1 is 1.21 bits per heavy atom. The number of benzene rings is 2. The molecule has 1 fully saturated rings. The SMILES string of the molecule is CC(=O)Nc1ccccc1CC(O)CN1CCC(Oc2ccc(Cl)c(Cl)c2)CC1. The lowest BCUT2D eigenvalue weighted by Crippen LogP contribution is -2.42. The first-order valence-electron chi connectivity index (χ1n) is 9.78. The van der Waals surface area contributed by atoms with Crippen LogP contribution in [0.3, 0.4) is 0 Å². The smallest absolute Gasteiger partial charge is 0.221 e. The molecule has 0 aliphatic carbocycles. The molecular weight excluding hydrogens is 411 g/mol. The summed E-state index contributed by atoms with van der Waals surface area (Å²) in [7, 11) is 0. The molecule has 2 aromatic carbocycles. The van der Waals surface area contributed by atoms with Crippen LogP contribution >= 0.6 is 23.2 Å². The second kappa shape index (κ2) is 10.3. The number of carbonyl (C=O) groups excluding carboxylic acids is 1. The van der Waals surface area contributed by atoms with Gasteiger partial charge in [0.2, 0.25) is 5.91 Å². The average molecular weight is 437 g/mol. The van der Waals surface area contributed by atoms with Gasteiger partial charge in [-0.25, -0.2) is 0 Å². The van der Waals surface area contributed by atoms with E-state index in [0.29, 0.717) is 23.0 Å². The summed E-state index contributed by atoms with van der Waals surface area (Å²) in [5.41, 5.74) is 1.70. The number of nitrogens with zero attached hydrogens (tertiary/aromatic N) is 1. The summed E-state index contributed by atoms with van der Waals surface area (Å²) in [6.45, 7) is 3.79. The van der Waals surface area contributed by atoms with Crippen LogP contribution in [0.15, 0.2) is 42.5 Å². The third kappa shape index (κ3) is 6.61. The Bertz CT molecular complexity index is 839. The van der Waals surface area contributed by atoms with E-state index < -0.39 is 6.10 Å². The van der Waals surface area contributed by atoms with E-state index in [0.717, 1.165) is 42.9 Å². The summed E-state index contributed by atoms with van der Waals surface area (Å²) in [4.78, 5) is 13.6. The standard InChI is InChI=1S/C22H26Cl2N2O3/c1-15(27)25-22-5-3-2-4-16(22)12-17(28)14-26-10-8-18(9-11-26)29-19-6-7-20(23)21(24)13-19/h2-7,13,17-18,28H,8-12,14H2,1H3,(H,25,27). The second-order valence-electron chi connectivity index (χ2n) is 7.39.